The first-order valence-electron chi connectivity index (χ1n) is 10.6. The average molecular weight is 430 g/mol. The average Bonchev–Trinajstić information content (AvgIpc) is 2.83. The Morgan fingerprint density at radius 2 is 1.41 bits per heavy atom. The van der Waals surface area contributed by atoms with Crippen LogP contribution in [0, 0.1) is 0 Å². The standard InChI is InChI=1S/C26H27N3O3/c1-3-19-13-15-20(16-14-19)17-27-24(30)22-11-7-8-12-23(22)29-26(32)25(31)28-18(2)21-9-5-4-6-10-21/h4-16,18H,3,17H2,1-2H3,(H,27,30)(H,28,31)(H,29,32)/t18-/m0/s1. The second-order valence-electron chi connectivity index (χ2n) is 7.46. The molecule has 0 unspecified atom stereocenters. The number of para-hydroxylation sites is 1. The van der Waals surface area contributed by atoms with E-state index in [0.29, 0.717) is 6.54 Å². The third kappa shape index (κ3) is 6.04. The molecule has 6 nitrogen and oxygen atoms in total. The van der Waals surface area contributed by atoms with Crippen LogP contribution < -0.4 is 16.0 Å². The number of carbonyl (C=O) groups excluding carboxylic acids is 3. The third-order valence-corrected chi connectivity index (χ3v) is 5.16. The molecule has 0 aromatic heterocycles. The number of aryl methyl sites for hydroxylation is 1. The van der Waals surface area contributed by atoms with Crippen LogP contribution in [0.4, 0.5) is 5.69 Å². The summed E-state index contributed by atoms with van der Waals surface area (Å²) >= 11 is 0. The van der Waals surface area contributed by atoms with Gasteiger partial charge in [-0.2, -0.15) is 0 Å². The maximum atomic E-state index is 12.7. The van der Waals surface area contributed by atoms with Gasteiger partial charge in [-0.1, -0.05) is 73.7 Å². The van der Waals surface area contributed by atoms with E-state index in [1.54, 1.807) is 31.2 Å². The Bertz CT molecular complexity index is 1080. The van der Waals surface area contributed by atoms with Crippen molar-refractivity contribution in [3.63, 3.8) is 0 Å². The molecule has 164 valence electrons. The first kappa shape index (κ1) is 22.7. The van der Waals surface area contributed by atoms with Crippen LogP contribution in [-0.2, 0) is 22.6 Å². The lowest BCUT2D eigenvalue weighted by molar-refractivity contribution is -0.136. The molecule has 3 aromatic rings. The summed E-state index contributed by atoms with van der Waals surface area (Å²) in [6.07, 6.45) is 0.956. The molecule has 0 radical (unpaired) electrons. The van der Waals surface area contributed by atoms with Crippen molar-refractivity contribution in [1.82, 2.24) is 10.6 Å². The number of amides is 3. The second kappa shape index (κ2) is 10.9. The molecule has 0 saturated heterocycles. The molecule has 0 saturated carbocycles. The predicted octanol–water partition coefficient (Wildman–Crippen LogP) is 3.99. The van der Waals surface area contributed by atoms with Crippen LogP contribution in [0.3, 0.4) is 0 Å². The van der Waals surface area contributed by atoms with Crippen LogP contribution in [0.1, 0.15) is 46.9 Å². The molecule has 3 N–H and O–H groups in total. The molecule has 0 heterocycles. The Labute approximate surface area is 188 Å². The van der Waals surface area contributed by atoms with Crippen molar-refractivity contribution in [2.45, 2.75) is 32.9 Å². The number of benzene rings is 3. The molecule has 0 aliphatic heterocycles. The largest absolute Gasteiger partial charge is 0.348 e. The van der Waals surface area contributed by atoms with Gasteiger partial charge in [-0.05, 0) is 42.2 Å². The number of rotatable bonds is 7. The minimum absolute atomic E-state index is 0.277. The molecule has 3 rings (SSSR count). The van der Waals surface area contributed by atoms with Gasteiger partial charge in [0.25, 0.3) is 5.91 Å². The van der Waals surface area contributed by atoms with Crippen LogP contribution in [0.2, 0.25) is 0 Å². The monoisotopic (exact) mass is 429 g/mol. The van der Waals surface area contributed by atoms with Crippen LogP contribution in [0.5, 0.6) is 0 Å². The number of hydrogen-bond acceptors (Lipinski definition) is 3. The van der Waals surface area contributed by atoms with Gasteiger partial charge in [0.1, 0.15) is 0 Å². The van der Waals surface area contributed by atoms with E-state index in [2.05, 4.69) is 22.9 Å². The lowest BCUT2D eigenvalue weighted by atomic mass is 10.1. The Morgan fingerprint density at radius 1 is 0.781 bits per heavy atom. The van der Waals surface area contributed by atoms with Crippen molar-refractivity contribution < 1.29 is 14.4 Å². The lowest BCUT2D eigenvalue weighted by Gasteiger charge is -2.15. The zero-order chi connectivity index (χ0) is 22.9. The summed E-state index contributed by atoms with van der Waals surface area (Å²) in [6, 6.07) is 23.7. The zero-order valence-electron chi connectivity index (χ0n) is 18.2. The van der Waals surface area contributed by atoms with Crippen molar-refractivity contribution >= 4 is 23.4 Å². The van der Waals surface area contributed by atoms with Crippen LogP contribution in [0.15, 0.2) is 78.9 Å². The van der Waals surface area contributed by atoms with Gasteiger partial charge >= 0.3 is 11.8 Å². The summed E-state index contributed by atoms with van der Waals surface area (Å²) in [5.41, 5.74) is 3.66. The van der Waals surface area contributed by atoms with Gasteiger partial charge in [-0.3, -0.25) is 14.4 Å². The van der Waals surface area contributed by atoms with Gasteiger partial charge in [0, 0.05) is 6.54 Å². The molecule has 6 heteroatoms. The molecule has 3 aromatic carbocycles. The fourth-order valence-electron chi connectivity index (χ4n) is 3.23. The highest BCUT2D eigenvalue weighted by atomic mass is 16.2. The minimum Gasteiger partial charge on any atom is -0.348 e. The second-order valence-corrected chi connectivity index (χ2v) is 7.46. The fraction of sp³-hybridized carbons (Fsp3) is 0.192. The van der Waals surface area contributed by atoms with Crippen molar-refractivity contribution in [2.75, 3.05) is 5.32 Å². The smallest absolute Gasteiger partial charge is 0.313 e. The van der Waals surface area contributed by atoms with E-state index in [9.17, 15) is 14.4 Å². The molecular weight excluding hydrogens is 402 g/mol. The summed E-state index contributed by atoms with van der Waals surface area (Å²) in [5.74, 6) is -1.94. The first-order chi connectivity index (χ1) is 15.5. The van der Waals surface area contributed by atoms with Gasteiger partial charge in [-0.15, -0.1) is 0 Å². The van der Waals surface area contributed by atoms with E-state index in [4.69, 9.17) is 0 Å². The van der Waals surface area contributed by atoms with Crippen molar-refractivity contribution in [3.8, 4) is 0 Å². The SMILES string of the molecule is CCc1ccc(CNC(=O)c2ccccc2NC(=O)C(=O)N[C@@H](C)c2ccccc2)cc1. The fourth-order valence-corrected chi connectivity index (χ4v) is 3.23. The molecule has 0 aliphatic carbocycles. The van der Waals surface area contributed by atoms with Gasteiger partial charge < -0.3 is 16.0 Å². The van der Waals surface area contributed by atoms with Crippen LogP contribution >= 0.6 is 0 Å². The van der Waals surface area contributed by atoms with E-state index in [-0.39, 0.29) is 23.2 Å². The summed E-state index contributed by atoms with van der Waals surface area (Å²) in [6.45, 7) is 4.25. The first-order valence-corrected chi connectivity index (χ1v) is 10.6. The van der Waals surface area contributed by atoms with E-state index < -0.39 is 11.8 Å². The number of anilines is 1. The van der Waals surface area contributed by atoms with E-state index in [1.165, 1.54) is 5.56 Å². The molecule has 3 amide bonds. The number of nitrogens with one attached hydrogen (secondary N) is 3. The normalized spacial score (nSPS) is 11.3. The Hall–Kier alpha value is -3.93. The van der Waals surface area contributed by atoms with Crippen molar-refractivity contribution in [1.29, 1.82) is 0 Å². The van der Waals surface area contributed by atoms with E-state index in [0.717, 1.165) is 17.5 Å². The Balaban J connectivity index is 1.61. The van der Waals surface area contributed by atoms with E-state index in [1.807, 2.05) is 54.6 Å². The molecule has 0 aliphatic rings. The number of hydrogen-bond donors (Lipinski definition) is 3. The maximum Gasteiger partial charge on any atom is 0.313 e. The van der Waals surface area contributed by atoms with Gasteiger partial charge in [0.15, 0.2) is 0 Å². The summed E-state index contributed by atoms with van der Waals surface area (Å²) in [5, 5.41) is 8.08. The minimum atomic E-state index is -0.830. The Kier molecular flexibility index (Phi) is 7.75. The van der Waals surface area contributed by atoms with Gasteiger partial charge in [0.2, 0.25) is 0 Å². The van der Waals surface area contributed by atoms with Crippen molar-refractivity contribution in [2.24, 2.45) is 0 Å². The highest BCUT2D eigenvalue weighted by Crippen LogP contribution is 2.16. The predicted molar refractivity (Wildman–Crippen MR) is 125 cm³/mol. The highest BCUT2D eigenvalue weighted by Gasteiger charge is 2.19. The van der Waals surface area contributed by atoms with E-state index >= 15 is 0 Å². The van der Waals surface area contributed by atoms with Crippen molar-refractivity contribution in [3.05, 3.63) is 101 Å². The molecule has 0 spiro atoms. The Morgan fingerprint density at radius 3 is 2.09 bits per heavy atom. The number of carbonyl (C=O) groups is 3. The summed E-state index contributed by atoms with van der Waals surface area (Å²) in [7, 11) is 0. The molecule has 32 heavy (non-hydrogen) atoms. The highest BCUT2D eigenvalue weighted by molar-refractivity contribution is 6.40. The van der Waals surface area contributed by atoms with Crippen LogP contribution in [0.25, 0.3) is 0 Å². The molecule has 0 fully saturated rings. The third-order valence-electron chi connectivity index (χ3n) is 5.16. The molecule has 0 bridgehead atoms. The molecular formula is C26H27N3O3. The summed E-state index contributed by atoms with van der Waals surface area (Å²) < 4.78 is 0. The summed E-state index contributed by atoms with van der Waals surface area (Å²) in [4.78, 5) is 37.5. The lowest BCUT2D eigenvalue weighted by Crippen LogP contribution is -2.37. The van der Waals surface area contributed by atoms with Gasteiger partial charge in [0.05, 0.1) is 17.3 Å². The quantitative estimate of drug-likeness (QED) is 0.496. The zero-order valence-corrected chi connectivity index (χ0v) is 18.2. The molecule has 1 atom stereocenters. The van der Waals surface area contributed by atoms with Gasteiger partial charge in [-0.25, -0.2) is 0 Å². The maximum absolute atomic E-state index is 12.7. The van der Waals surface area contributed by atoms with Crippen LogP contribution in [-0.4, -0.2) is 17.7 Å². The topological polar surface area (TPSA) is 87.3 Å².